The zero-order valence-corrected chi connectivity index (χ0v) is 11.0. The first-order valence-corrected chi connectivity index (χ1v) is 6.49. The van der Waals surface area contributed by atoms with Crippen LogP contribution in [0.15, 0.2) is 0 Å². The Balaban J connectivity index is 3.52. The molecular formula is C14H30. The zero-order valence-electron chi connectivity index (χ0n) is 11.0. The van der Waals surface area contributed by atoms with Crippen molar-refractivity contribution in [3.8, 4) is 0 Å². The summed E-state index contributed by atoms with van der Waals surface area (Å²) in [6.45, 7) is 11.7. The molecule has 86 valence electrons. The van der Waals surface area contributed by atoms with Crippen molar-refractivity contribution in [3.05, 3.63) is 0 Å². The third-order valence-electron chi connectivity index (χ3n) is 3.08. The molecule has 0 heterocycles. The summed E-state index contributed by atoms with van der Waals surface area (Å²) in [6.07, 6.45) is 9.88. The molecule has 0 aromatic rings. The summed E-state index contributed by atoms with van der Waals surface area (Å²) in [5.41, 5.74) is 0.531. The van der Waals surface area contributed by atoms with Crippen molar-refractivity contribution in [2.75, 3.05) is 0 Å². The van der Waals surface area contributed by atoms with Crippen LogP contribution in [-0.4, -0.2) is 0 Å². The van der Waals surface area contributed by atoms with Gasteiger partial charge >= 0.3 is 0 Å². The Hall–Kier alpha value is 0. The van der Waals surface area contributed by atoms with Crippen LogP contribution in [0.3, 0.4) is 0 Å². The van der Waals surface area contributed by atoms with Gasteiger partial charge in [-0.15, -0.1) is 0 Å². The fourth-order valence-electron chi connectivity index (χ4n) is 1.97. The first-order chi connectivity index (χ1) is 6.49. The van der Waals surface area contributed by atoms with Gasteiger partial charge in [0.25, 0.3) is 0 Å². The van der Waals surface area contributed by atoms with Crippen LogP contribution in [0.5, 0.6) is 0 Å². The molecule has 14 heavy (non-hydrogen) atoms. The molecule has 0 aromatic heterocycles. The molecule has 0 spiro atoms. The van der Waals surface area contributed by atoms with Crippen LogP contribution >= 0.6 is 0 Å². The minimum absolute atomic E-state index is 0.531. The SMILES string of the molecule is CCCCC(CC)CCCC(C)(C)C. The monoisotopic (exact) mass is 198 g/mol. The summed E-state index contributed by atoms with van der Waals surface area (Å²) in [7, 11) is 0. The quantitative estimate of drug-likeness (QED) is 0.512. The first-order valence-electron chi connectivity index (χ1n) is 6.49. The summed E-state index contributed by atoms with van der Waals surface area (Å²) in [5, 5.41) is 0. The maximum Gasteiger partial charge on any atom is -0.0383 e. The van der Waals surface area contributed by atoms with E-state index in [1.807, 2.05) is 0 Å². The molecule has 0 bridgehead atoms. The topological polar surface area (TPSA) is 0 Å². The number of hydrogen-bond donors (Lipinski definition) is 0. The first kappa shape index (κ1) is 14.0. The van der Waals surface area contributed by atoms with Crippen molar-refractivity contribution >= 4 is 0 Å². The molecule has 0 aromatic carbocycles. The van der Waals surface area contributed by atoms with E-state index >= 15 is 0 Å². The minimum atomic E-state index is 0.531. The second-order valence-electron chi connectivity index (χ2n) is 5.87. The molecule has 0 aliphatic carbocycles. The summed E-state index contributed by atoms with van der Waals surface area (Å²) < 4.78 is 0. The summed E-state index contributed by atoms with van der Waals surface area (Å²) in [6, 6.07) is 0. The summed E-state index contributed by atoms with van der Waals surface area (Å²) in [5.74, 6) is 0.997. The van der Waals surface area contributed by atoms with E-state index in [1.165, 1.54) is 44.9 Å². The van der Waals surface area contributed by atoms with E-state index < -0.39 is 0 Å². The lowest BCUT2D eigenvalue weighted by atomic mass is 9.86. The van der Waals surface area contributed by atoms with E-state index in [1.54, 1.807) is 0 Å². The van der Waals surface area contributed by atoms with Crippen molar-refractivity contribution in [3.63, 3.8) is 0 Å². The van der Waals surface area contributed by atoms with E-state index in [4.69, 9.17) is 0 Å². The van der Waals surface area contributed by atoms with Crippen molar-refractivity contribution < 1.29 is 0 Å². The summed E-state index contributed by atoms with van der Waals surface area (Å²) in [4.78, 5) is 0. The Labute approximate surface area is 91.5 Å². The maximum atomic E-state index is 2.35. The molecule has 1 atom stereocenters. The van der Waals surface area contributed by atoms with E-state index in [-0.39, 0.29) is 0 Å². The molecule has 0 saturated carbocycles. The predicted molar refractivity (Wildman–Crippen MR) is 66.6 cm³/mol. The van der Waals surface area contributed by atoms with Gasteiger partial charge in [-0.3, -0.25) is 0 Å². The molecule has 0 N–H and O–H groups in total. The second kappa shape index (κ2) is 7.31. The number of unbranched alkanes of at least 4 members (excludes halogenated alkanes) is 1. The van der Waals surface area contributed by atoms with Crippen molar-refractivity contribution in [2.24, 2.45) is 11.3 Å². The molecule has 0 heteroatoms. The fourth-order valence-corrected chi connectivity index (χ4v) is 1.97. The lowest BCUT2D eigenvalue weighted by Gasteiger charge is -2.20. The second-order valence-corrected chi connectivity index (χ2v) is 5.87. The molecule has 0 amide bonds. The van der Waals surface area contributed by atoms with Crippen molar-refractivity contribution in [1.29, 1.82) is 0 Å². The Morgan fingerprint density at radius 1 is 0.929 bits per heavy atom. The van der Waals surface area contributed by atoms with E-state index in [0.717, 1.165) is 5.92 Å². The average molecular weight is 198 g/mol. The smallest absolute Gasteiger partial charge is 0.0383 e. The van der Waals surface area contributed by atoms with Crippen molar-refractivity contribution in [2.45, 2.75) is 79.6 Å². The van der Waals surface area contributed by atoms with Crippen LogP contribution in [-0.2, 0) is 0 Å². The van der Waals surface area contributed by atoms with Gasteiger partial charge in [-0.05, 0) is 17.8 Å². The van der Waals surface area contributed by atoms with E-state index in [2.05, 4.69) is 34.6 Å². The van der Waals surface area contributed by atoms with Gasteiger partial charge in [-0.2, -0.15) is 0 Å². The molecule has 0 saturated heterocycles. The van der Waals surface area contributed by atoms with Gasteiger partial charge in [0.1, 0.15) is 0 Å². The van der Waals surface area contributed by atoms with Crippen LogP contribution < -0.4 is 0 Å². The highest BCUT2D eigenvalue weighted by Gasteiger charge is 2.11. The minimum Gasteiger partial charge on any atom is -0.0654 e. The fraction of sp³-hybridized carbons (Fsp3) is 1.00. The standard InChI is InChI=1S/C14H30/c1-6-8-10-13(7-2)11-9-12-14(3,4)5/h13H,6-12H2,1-5H3. The van der Waals surface area contributed by atoms with Crippen LogP contribution in [0.25, 0.3) is 0 Å². The highest BCUT2D eigenvalue weighted by atomic mass is 14.2. The largest absolute Gasteiger partial charge is 0.0654 e. The van der Waals surface area contributed by atoms with Crippen LogP contribution in [0, 0.1) is 11.3 Å². The van der Waals surface area contributed by atoms with Gasteiger partial charge in [0.05, 0.1) is 0 Å². The third kappa shape index (κ3) is 8.59. The van der Waals surface area contributed by atoms with Gasteiger partial charge in [0.2, 0.25) is 0 Å². The third-order valence-corrected chi connectivity index (χ3v) is 3.08. The molecule has 0 fully saturated rings. The van der Waals surface area contributed by atoms with Crippen LogP contribution in [0.1, 0.15) is 79.6 Å². The Morgan fingerprint density at radius 3 is 1.93 bits per heavy atom. The molecule has 0 aliphatic rings. The predicted octanol–water partition coefficient (Wildman–Crippen LogP) is 5.42. The Bertz CT molecular complexity index is 118. The molecule has 0 aliphatic heterocycles. The Kier molecular flexibility index (Phi) is 7.31. The van der Waals surface area contributed by atoms with Gasteiger partial charge < -0.3 is 0 Å². The van der Waals surface area contributed by atoms with Gasteiger partial charge in [0.15, 0.2) is 0 Å². The molecule has 0 nitrogen and oxygen atoms in total. The van der Waals surface area contributed by atoms with Gasteiger partial charge in [-0.25, -0.2) is 0 Å². The van der Waals surface area contributed by atoms with E-state index in [9.17, 15) is 0 Å². The normalized spacial score (nSPS) is 14.4. The molecular weight excluding hydrogens is 168 g/mol. The van der Waals surface area contributed by atoms with Crippen LogP contribution in [0.4, 0.5) is 0 Å². The highest BCUT2D eigenvalue weighted by molar-refractivity contribution is 4.64. The maximum absolute atomic E-state index is 2.35. The van der Waals surface area contributed by atoms with E-state index in [0.29, 0.717) is 5.41 Å². The van der Waals surface area contributed by atoms with Gasteiger partial charge in [-0.1, -0.05) is 73.1 Å². The molecule has 0 rings (SSSR count). The number of hydrogen-bond acceptors (Lipinski definition) is 0. The molecule has 1 unspecified atom stereocenters. The lowest BCUT2D eigenvalue weighted by Crippen LogP contribution is -2.06. The average Bonchev–Trinajstić information content (AvgIpc) is 2.09. The zero-order chi connectivity index (χ0) is 11.0. The van der Waals surface area contributed by atoms with Crippen LogP contribution in [0.2, 0.25) is 0 Å². The van der Waals surface area contributed by atoms with Gasteiger partial charge in [0, 0.05) is 0 Å². The Morgan fingerprint density at radius 2 is 1.50 bits per heavy atom. The highest BCUT2D eigenvalue weighted by Crippen LogP contribution is 2.26. The lowest BCUT2D eigenvalue weighted by molar-refractivity contribution is 0.325. The van der Waals surface area contributed by atoms with Crippen molar-refractivity contribution in [1.82, 2.24) is 0 Å². The summed E-state index contributed by atoms with van der Waals surface area (Å²) >= 11 is 0. The molecule has 0 radical (unpaired) electrons. The number of rotatable bonds is 7.